The number of urea groups is 1. The number of anilines is 1. The Labute approximate surface area is 126 Å². The number of nitrogens with two attached hydrogens (primary N) is 1. The maximum Gasteiger partial charge on any atom is 0.322 e. The van der Waals surface area contributed by atoms with Crippen molar-refractivity contribution in [1.29, 1.82) is 0 Å². The zero-order valence-corrected chi connectivity index (χ0v) is 12.4. The molecule has 1 unspecified atom stereocenters. The van der Waals surface area contributed by atoms with Crippen LogP contribution in [0.3, 0.4) is 0 Å². The van der Waals surface area contributed by atoms with Crippen molar-refractivity contribution >= 4 is 17.6 Å². The van der Waals surface area contributed by atoms with Gasteiger partial charge in [0.2, 0.25) is 0 Å². The minimum atomic E-state index is -0.970. The molecule has 1 aliphatic rings. The highest BCUT2D eigenvalue weighted by molar-refractivity contribution is 5.98. The molecule has 22 heavy (non-hydrogen) atoms. The lowest BCUT2D eigenvalue weighted by molar-refractivity contribution is 0.0743. The third-order valence-electron chi connectivity index (χ3n) is 3.74. The summed E-state index contributed by atoms with van der Waals surface area (Å²) in [7, 11) is 1.49. The predicted molar refractivity (Wildman–Crippen MR) is 77.7 cm³/mol. The first-order valence-corrected chi connectivity index (χ1v) is 6.88. The highest BCUT2D eigenvalue weighted by atomic mass is 19.1. The maximum atomic E-state index is 14.0. The number of amides is 3. The molecule has 6 nitrogen and oxygen atoms in total. The Bertz CT molecular complexity index is 609. The van der Waals surface area contributed by atoms with Gasteiger partial charge in [-0.1, -0.05) is 0 Å². The SMILES string of the molecule is CC(CN)N(C)C(=O)c1cc(N2CCNC2=O)c(F)cc1F. The largest absolute Gasteiger partial charge is 0.338 e. The molecule has 0 radical (unpaired) electrons. The number of rotatable bonds is 4. The number of carbonyl (C=O) groups is 2. The molecule has 2 rings (SSSR count). The third kappa shape index (κ3) is 2.87. The van der Waals surface area contributed by atoms with E-state index in [1.807, 2.05) is 0 Å². The van der Waals surface area contributed by atoms with Gasteiger partial charge in [-0.15, -0.1) is 0 Å². The minimum Gasteiger partial charge on any atom is -0.338 e. The summed E-state index contributed by atoms with van der Waals surface area (Å²) < 4.78 is 27.9. The summed E-state index contributed by atoms with van der Waals surface area (Å²) in [6.45, 7) is 2.55. The Morgan fingerprint density at radius 2 is 2.14 bits per heavy atom. The third-order valence-corrected chi connectivity index (χ3v) is 3.74. The fourth-order valence-corrected chi connectivity index (χ4v) is 2.16. The monoisotopic (exact) mass is 312 g/mol. The van der Waals surface area contributed by atoms with Gasteiger partial charge >= 0.3 is 6.03 Å². The molecule has 120 valence electrons. The Balaban J connectivity index is 2.40. The van der Waals surface area contributed by atoms with E-state index >= 15 is 0 Å². The van der Waals surface area contributed by atoms with Crippen molar-refractivity contribution in [1.82, 2.24) is 10.2 Å². The zero-order valence-electron chi connectivity index (χ0n) is 12.4. The van der Waals surface area contributed by atoms with Crippen molar-refractivity contribution in [3.05, 3.63) is 29.3 Å². The summed E-state index contributed by atoms with van der Waals surface area (Å²) in [6, 6.07) is 0.912. The Kier molecular flexibility index (Phi) is 4.60. The molecule has 3 N–H and O–H groups in total. The lowest BCUT2D eigenvalue weighted by Gasteiger charge is -2.24. The summed E-state index contributed by atoms with van der Waals surface area (Å²) in [6.07, 6.45) is 0. The second-order valence-corrected chi connectivity index (χ2v) is 5.17. The molecule has 8 heteroatoms. The fourth-order valence-electron chi connectivity index (χ4n) is 2.16. The van der Waals surface area contributed by atoms with Crippen LogP contribution in [0.2, 0.25) is 0 Å². The van der Waals surface area contributed by atoms with Gasteiger partial charge in [0.15, 0.2) is 0 Å². The van der Waals surface area contributed by atoms with Crippen LogP contribution in [-0.2, 0) is 0 Å². The Hall–Kier alpha value is -2.22. The maximum absolute atomic E-state index is 14.0. The van der Waals surface area contributed by atoms with E-state index in [9.17, 15) is 18.4 Å². The van der Waals surface area contributed by atoms with Crippen molar-refractivity contribution in [2.24, 2.45) is 5.73 Å². The van der Waals surface area contributed by atoms with Gasteiger partial charge in [-0.2, -0.15) is 0 Å². The number of nitrogens with zero attached hydrogens (tertiary/aromatic N) is 2. The molecule has 1 aliphatic heterocycles. The molecule has 1 heterocycles. The van der Waals surface area contributed by atoms with Crippen LogP contribution in [0, 0.1) is 11.6 Å². The molecule has 0 saturated carbocycles. The van der Waals surface area contributed by atoms with Crippen LogP contribution in [0.5, 0.6) is 0 Å². The lowest BCUT2D eigenvalue weighted by atomic mass is 10.1. The van der Waals surface area contributed by atoms with Gasteiger partial charge in [0, 0.05) is 38.8 Å². The summed E-state index contributed by atoms with van der Waals surface area (Å²) in [5.41, 5.74) is 5.08. The molecule has 1 aromatic rings. The molecular weight excluding hydrogens is 294 g/mol. The second kappa shape index (κ2) is 6.27. The smallest absolute Gasteiger partial charge is 0.322 e. The first-order chi connectivity index (χ1) is 10.4. The minimum absolute atomic E-state index is 0.117. The number of likely N-dealkylation sites (N-methyl/N-ethyl adjacent to an activating group) is 1. The van der Waals surface area contributed by atoms with E-state index in [2.05, 4.69) is 5.32 Å². The number of benzene rings is 1. The van der Waals surface area contributed by atoms with Crippen molar-refractivity contribution in [3.63, 3.8) is 0 Å². The molecular formula is C14H18F2N4O2. The molecule has 1 fully saturated rings. The van der Waals surface area contributed by atoms with Gasteiger partial charge in [0.05, 0.1) is 11.3 Å². The molecule has 0 aromatic heterocycles. The molecule has 0 bridgehead atoms. The highest BCUT2D eigenvalue weighted by Crippen LogP contribution is 2.25. The Morgan fingerprint density at radius 1 is 1.45 bits per heavy atom. The summed E-state index contributed by atoms with van der Waals surface area (Å²) in [5, 5.41) is 2.52. The topological polar surface area (TPSA) is 78.7 Å². The van der Waals surface area contributed by atoms with Crippen molar-refractivity contribution in [3.8, 4) is 0 Å². The molecule has 0 aliphatic carbocycles. The number of nitrogens with one attached hydrogen (secondary N) is 1. The highest BCUT2D eigenvalue weighted by Gasteiger charge is 2.28. The van der Waals surface area contributed by atoms with Crippen LogP contribution in [0.25, 0.3) is 0 Å². The predicted octanol–water partition coefficient (Wildman–Crippen LogP) is 0.914. The van der Waals surface area contributed by atoms with Gasteiger partial charge in [0.1, 0.15) is 11.6 Å². The van der Waals surface area contributed by atoms with Crippen LogP contribution in [0.4, 0.5) is 19.3 Å². The standard InChI is InChI=1S/C14H18F2N4O2/c1-8(7-17)19(2)13(21)9-5-12(11(16)6-10(9)15)20-4-3-18-14(20)22/h5-6,8H,3-4,7,17H2,1-2H3,(H,18,22). The molecule has 1 aromatic carbocycles. The van der Waals surface area contributed by atoms with E-state index in [0.29, 0.717) is 12.6 Å². The van der Waals surface area contributed by atoms with Crippen molar-refractivity contribution in [2.45, 2.75) is 13.0 Å². The van der Waals surface area contributed by atoms with Crippen molar-refractivity contribution < 1.29 is 18.4 Å². The Morgan fingerprint density at radius 3 is 2.68 bits per heavy atom. The summed E-state index contributed by atoms with van der Waals surface area (Å²) >= 11 is 0. The van der Waals surface area contributed by atoms with E-state index < -0.39 is 23.6 Å². The van der Waals surface area contributed by atoms with Crippen LogP contribution < -0.4 is 16.0 Å². The fraction of sp³-hybridized carbons (Fsp3) is 0.429. The second-order valence-electron chi connectivity index (χ2n) is 5.17. The van der Waals surface area contributed by atoms with Crippen LogP contribution in [0.15, 0.2) is 12.1 Å². The summed E-state index contributed by atoms with van der Waals surface area (Å²) in [5.74, 6) is -2.47. The average Bonchev–Trinajstić information content (AvgIpc) is 2.91. The van der Waals surface area contributed by atoms with E-state index in [4.69, 9.17) is 5.73 Å². The molecule has 3 amide bonds. The quantitative estimate of drug-likeness (QED) is 0.867. The number of carbonyl (C=O) groups excluding carboxylic acids is 2. The van der Waals surface area contributed by atoms with Gasteiger partial charge in [-0.05, 0) is 13.0 Å². The van der Waals surface area contributed by atoms with Crippen LogP contribution in [-0.4, -0.2) is 49.6 Å². The lowest BCUT2D eigenvalue weighted by Crippen LogP contribution is -2.40. The van der Waals surface area contributed by atoms with Gasteiger partial charge < -0.3 is 16.0 Å². The molecule has 1 atom stereocenters. The first kappa shape index (κ1) is 16.2. The van der Waals surface area contributed by atoms with Gasteiger partial charge in [0.25, 0.3) is 5.91 Å². The first-order valence-electron chi connectivity index (χ1n) is 6.88. The normalized spacial score (nSPS) is 15.7. The number of halogens is 2. The summed E-state index contributed by atoms with van der Waals surface area (Å²) in [4.78, 5) is 26.4. The number of hydrogen-bond donors (Lipinski definition) is 2. The van der Waals surface area contributed by atoms with Crippen LogP contribution >= 0.6 is 0 Å². The van der Waals surface area contributed by atoms with Crippen LogP contribution in [0.1, 0.15) is 17.3 Å². The van der Waals surface area contributed by atoms with E-state index in [0.717, 1.165) is 11.0 Å². The molecule has 1 saturated heterocycles. The van der Waals surface area contributed by atoms with Gasteiger partial charge in [-0.25, -0.2) is 13.6 Å². The average molecular weight is 312 g/mol. The number of hydrogen-bond acceptors (Lipinski definition) is 3. The van der Waals surface area contributed by atoms with Crippen molar-refractivity contribution in [2.75, 3.05) is 31.6 Å². The zero-order chi connectivity index (χ0) is 16.4. The van der Waals surface area contributed by atoms with E-state index in [1.54, 1.807) is 6.92 Å². The molecule has 0 spiro atoms. The van der Waals surface area contributed by atoms with E-state index in [-0.39, 0.29) is 30.4 Å². The van der Waals surface area contributed by atoms with Gasteiger partial charge in [-0.3, -0.25) is 9.69 Å². The van der Waals surface area contributed by atoms with E-state index in [1.165, 1.54) is 11.9 Å².